The number of hydrogen-bond donors (Lipinski definition) is 1. The van der Waals surface area contributed by atoms with Crippen molar-refractivity contribution in [3.63, 3.8) is 0 Å². The molecule has 0 saturated carbocycles. The van der Waals surface area contributed by atoms with E-state index in [2.05, 4.69) is 9.97 Å². The zero-order valence-corrected chi connectivity index (χ0v) is 12.4. The largest absolute Gasteiger partial charge is 0.391 e. The molecule has 0 radical (unpaired) electrons. The maximum atomic E-state index is 13.5. The van der Waals surface area contributed by atoms with Crippen LogP contribution in [-0.2, 0) is 0 Å². The van der Waals surface area contributed by atoms with Crippen LogP contribution in [0.1, 0.15) is 29.3 Å². The van der Waals surface area contributed by atoms with E-state index in [1.165, 1.54) is 12.1 Å². The quantitative estimate of drug-likeness (QED) is 0.927. The minimum atomic E-state index is -0.889. The number of aryl methyl sites for hydroxylation is 2. The lowest BCUT2D eigenvalue weighted by Crippen LogP contribution is -2.26. The van der Waals surface area contributed by atoms with Crippen molar-refractivity contribution in [2.45, 2.75) is 32.4 Å². The van der Waals surface area contributed by atoms with Crippen molar-refractivity contribution < 1.29 is 13.9 Å². The fourth-order valence-electron chi connectivity index (χ4n) is 2.72. The molecule has 2 aromatic rings. The molecule has 0 bridgehead atoms. The van der Waals surface area contributed by atoms with Crippen molar-refractivity contribution in [3.8, 4) is 0 Å². The molecule has 3 rings (SSSR count). The second-order valence-corrected chi connectivity index (χ2v) is 5.67. The summed E-state index contributed by atoms with van der Waals surface area (Å²) in [4.78, 5) is 10.6. The van der Waals surface area contributed by atoms with Gasteiger partial charge < -0.3 is 10.0 Å². The highest BCUT2D eigenvalue weighted by Crippen LogP contribution is 2.35. The number of benzene rings is 1. The van der Waals surface area contributed by atoms with Gasteiger partial charge in [-0.25, -0.2) is 18.7 Å². The second-order valence-electron chi connectivity index (χ2n) is 5.67. The van der Waals surface area contributed by atoms with Crippen molar-refractivity contribution in [3.05, 3.63) is 52.9 Å². The summed E-state index contributed by atoms with van der Waals surface area (Å²) >= 11 is 0. The number of anilines is 1. The minimum absolute atomic E-state index is 0.271. The molecule has 0 spiro atoms. The molecule has 0 amide bonds. The van der Waals surface area contributed by atoms with E-state index in [-0.39, 0.29) is 6.04 Å². The summed E-state index contributed by atoms with van der Waals surface area (Å²) < 4.78 is 26.6. The Morgan fingerprint density at radius 1 is 1.23 bits per heavy atom. The van der Waals surface area contributed by atoms with Gasteiger partial charge in [0, 0.05) is 18.4 Å². The van der Waals surface area contributed by atoms with Gasteiger partial charge in [0.05, 0.1) is 12.1 Å². The normalized spacial score (nSPS) is 21.4. The lowest BCUT2D eigenvalue weighted by molar-refractivity contribution is 0.194. The Morgan fingerprint density at radius 3 is 2.68 bits per heavy atom. The first kappa shape index (κ1) is 14.8. The summed E-state index contributed by atoms with van der Waals surface area (Å²) in [5.41, 5.74) is 2.44. The van der Waals surface area contributed by atoms with E-state index in [0.29, 0.717) is 24.5 Å². The molecule has 0 unspecified atom stereocenters. The molecule has 1 saturated heterocycles. The standard InChI is InChI=1S/C16H17F2N3O/c1-9-7-19-16(20-10(9)2)21-8-12(22)6-15(21)11-3-4-13(17)14(18)5-11/h3-5,7,12,15,22H,6,8H2,1-2H3/t12-,15+/m1/s1. The van der Waals surface area contributed by atoms with Crippen molar-refractivity contribution in [2.75, 3.05) is 11.4 Å². The number of nitrogens with zero attached hydrogens (tertiary/aromatic N) is 3. The molecule has 1 aromatic heterocycles. The van der Waals surface area contributed by atoms with Gasteiger partial charge in [0.25, 0.3) is 0 Å². The zero-order chi connectivity index (χ0) is 15.9. The first-order valence-corrected chi connectivity index (χ1v) is 7.15. The van der Waals surface area contributed by atoms with Gasteiger partial charge in [-0.3, -0.25) is 0 Å². The van der Waals surface area contributed by atoms with E-state index in [0.717, 1.165) is 17.3 Å². The van der Waals surface area contributed by atoms with Gasteiger partial charge in [-0.05, 0) is 43.5 Å². The molecule has 22 heavy (non-hydrogen) atoms. The SMILES string of the molecule is Cc1cnc(N2C[C@H](O)C[C@H]2c2ccc(F)c(F)c2)nc1C. The number of aromatic nitrogens is 2. The van der Waals surface area contributed by atoms with Gasteiger partial charge in [0.1, 0.15) is 0 Å². The fourth-order valence-corrected chi connectivity index (χ4v) is 2.72. The second kappa shape index (κ2) is 5.61. The summed E-state index contributed by atoms with van der Waals surface area (Å²) in [6.45, 7) is 4.18. The van der Waals surface area contributed by atoms with Gasteiger partial charge in [0.15, 0.2) is 11.6 Å². The molecular weight excluding hydrogens is 288 g/mol. The first-order chi connectivity index (χ1) is 10.5. The maximum Gasteiger partial charge on any atom is 0.226 e. The number of hydrogen-bond acceptors (Lipinski definition) is 4. The van der Waals surface area contributed by atoms with E-state index in [1.54, 1.807) is 6.20 Å². The number of aliphatic hydroxyl groups is 1. The molecular formula is C16H17F2N3O. The van der Waals surface area contributed by atoms with Crippen LogP contribution in [0.3, 0.4) is 0 Å². The van der Waals surface area contributed by atoms with Crippen LogP contribution in [-0.4, -0.2) is 27.7 Å². The van der Waals surface area contributed by atoms with Crippen LogP contribution >= 0.6 is 0 Å². The van der Waals surface area contributed by atoms with E-state index < -0.39 is 17.7 Å². The highest BCUT2D eigenvalue weighted by molar-refractivity contribution is 5.40. The summed E-state index contributed by atoms with van der Waals surface area (Å²) in [6.07, 6.45) is 1.61. The summed E-state index contributed by atoms with van der Waals surface area (Å²) in [6, 6.07) is 3.54. The average molecular weight is 305 g/mol. The molecule has 1 fully saturated rings. The average Bonchev–Trinajstić information content (AvgIpc) is 2.87. The van der Waals surface area contributed by atoms with Gasteiger partial charge in [0.2, 0.25) is 5.95 Å². The van der Waals surface area contributed by atoms with E-state index in [4.69, 9.17) is 0 Å². The molecule has 1 aliphatic heterocycles. The van der Waals surface area contributed by atoms with Gasteiger partial charge in [-0.1, -0.05) is 6.07 Å². The Kier molecular flexibility index (Phi) is 3.78. The predicted octanol–water partition coefficient (Wildman–Crippen LogP) is 2.68. The lowest BCUT2D eigenvalue weighted by Gasteiger charge is -2.25. The van der Waals surface area contributed by atoms with Crippen LogP contribution in [0.2, 0.25) is 0 Å². The summed E-state index contributed by atoms with van der Waals surface area (Å²) in [5, 5.41) is 9.98. The van der Waals surface area contributed by atoms with Gasteiger partial charge >= 0.3 is 0 Å². The van der Waals surface area contributed by atoms with Crippen molar-refractivity contribution in [2.24, 2.45) is 0 Å². The van der Waals surface area contributed by atoms with E-state index in [9.17, 15) is 13.9 Å². The summed E-state index contributed by atoms with van der Waals surface area (Å²) in [7, 11) is 0. The van der Waals surface area contributed by atoms with Crippen LogP contribution in [0.5, 0.6) is 0 Å². The molecule has 1 aliphatic rings. The Labute approximate surface area is 127 Å². The van der Waals surface area contributed by atoms with Crippen LogP contribution in [0.25, 0.3) is 0 Å². The van der Waals surface area contributed by atoms with Crippen LogP contribution < -0.4 is 4.90 Å². The Morgan fingerprint density at radius 2 is 2.00 bits per heavy atom. The van der Waals surface area contributed by atoms with Crippen LogP contribution in [0.4, 0.5) is 14.7 Å². The minimum Gasteiger partial charge on any atom is -0.391 e. The van der Waals surface area contributed by atoms with E-state index in [1.807, 2.05) is 18.7 Å². The van der Waals surface area contributed by atoms with Crippen LogP contribution in [0.15, 0.2) is 24.4 Å². The molecule has 4 nitrogen and oxygen atoms in total. The van der Waals surface area contributed by atoms with Crippen molar-refractivity contribution >= 4 is 5.95 Å². The van der Waals surface area contributed by atoms with Gasteiger partial charge in [-0.2, -0.15) is 0 Å². The third-order valence-electron chi connectivity index (χ3n) is 4.08. The lowest BCUT2D eigenvalue weighted by atomic mass is 10.0. The molecule has 2 heterocycles. The van der Waals surface area contributed by atoms with Crippen LogP contribution in [0, 0.1) is 25.5 Å². The Balaban J connectivity index is 1.98. The maximum absolute atomic E-state index is 13.5. The molecule has 2 atom stereocenters. The monoisotopic (exact) mass is 305 g/mol. The topological polar surface area (TPSA) is 49.2 Å². The highest BCUT2D eigenvalue weighted by Gasteiger charge is 2.34. The highest BCUT2D eigenvalue weighted by atomic mass is 19.2. The van der Waals surface area contributed by atoms with E-state index >= 15 is 0 Å². The summed E-state index contributed by atoms with van der Waals surface area (Å²) in [5.74, 6) is -1.27. The van der Waals surface area contributed by atoms with Gasteiger partial charge in [-0.15, -0.1) is 0 Å². The number of rotatable bonds is 2. The first-order valence-electron chi connectivity index (χ1n) is 7.15. The fraction of sp³-hybridized carbons (Fsp3) is 0.375. The Hall–Kier alpha value is -2.08. The van der Waals surface area contributed by atoms with Crippen molar-refractivity contribution in [1.82, 2.24) is 9.97 Å². The van der Waals surface area contributed by atoms with Crippen molar-refractivity contribution in [1.29, 1.82) is 0 Å². The molecule has 1 N–H and O–H groups in total. The number of β-amino-alcohol motifs (C(OH)–C–C–N with tert-alkyl or cyclic N) is 1. The molecule has 116 valence electrons. The Bertz CT molecular complexity index is 648. The molecule has 1 aromatic carbocycles. The third kappa shape index (κ3) is 2.66. The predicted molar refractivity (Wildman–Crippen MR) is 78.6 cm³/mol. The molecule has 0 aliphatic carbocycles. The zero-order valence-electron chi connectivity index (χ0n) is 12.4. The molecule has 6 heteroatoms. The number of aliphatic hydroxyl groups excluding tert-OH is 1. The number of halogens is 2. The smallest absolute Gasteiger partial charge is 0.226 e. The third-order valence-corrected chi connectivity index (χ3v) is 4.08.